The van der Waals surface area contributed by atoms with E-state index in [2.05, 4.69) is 12.2 Å². The molecular weight excluding hydrogens is 302 g/mol. The summed E-state index contributed by atoms with van der Waals surface area (Å²) < 4.78 is 0. The van der Waals surface area contributed by atoms with Crippen LogP contribution in [-0.4, -0.2) is 45.3 Å². The van der Waals surface area contributed by atoms with Crippen LogP contribution in [0, 0.1) is 0 Å². The van der Waals surface area contributed by atoms with Crippen molar-refractivity contribution < 1.29 is 29.7 Å². The van der Waals surface area contributed by atoms with Crippen molar-refractivity contribution in [2.75, 3.05) is 6.54 Å². The molecule has 7 nitrogen and oxygen atoms in total. The predicted octanol–water partition coefficient (Wildman–Crippen LogP) is 2.49. The molecule has 7 heteroatoms. The molecular formula is C16H29NO6. The Bertz CT molecular complexity index is 347. The second-order valence-electron chi connectivity index (χ2n) is 5.77. The molecule has 0 heterocycles. The highest BCUT2D eigenvalue weighted by Gasteiger charge is 2.54. The number of hydrogen-bond acceptors (Lipinski definition) is 4. The second kappa shape index (κ2) is 11.9. The van der Waals surface area contributed by atoms with Gasteiger partial charge in [0.15, 0.2) is 0 Å². The molecule has 0 radical (unpaired) electrons. The van der Waals surface area contributed by atoms with E-state index in [-0.39, 0.29) is 6.54 Å². The fraction of sp³-hybridized carbons (Fsp3) is 0.812. The first-order valence-electron chi connectivity index (χ1n) is 8.34. The molecule has 0 aliphatic heterocycles. The van der Waals surface area contributed by atoms with Gasteiger partial charge in [0.2, 0.25) is 0 Å². The maximum absolute atomic E-state index is 11.0. The van der Waals surface area contributed by atoms with E-state index < -0.39 is 23.4 Å². The molecule has 0 bridgehead atoms. The number of unbranched alkanes of at least 4 members (excludes halogenated alkanes) is 9. The Morgan fingerprint density at radius 2 is 1.04 bits per heavy atom. The molecule has 0 unspecified atom stereocenters. The van der Waals surface area contributed by atoms with Gasteiger partial charge in [-0.2, -0.15) is 0 Å². The number of nitrogens with one attached hydrogen (secondary N) is 1. The van der Waals surface area contributed by atoms with Crippen LogP contribution < -0.4 is 5.32 Å². The summed E-state index contributed by atoms with van der Waals surface area (Å²) in [6, 6.07) is 0. The lowest BCUT2D eigenvalue weighted by Gasteiger charge is -2.21. The fourth-order valence-corrected chi connectivity index (χ4v) is 2.39. The van der Waals surface area contributed by atoms with Gasteiger partial charge in [0.05, 0.1) is 0 Å². The molecule has 0 aromatic carbocycles. The zero-order valence-electron chi connectivity index (χ0n) is 13.8. The summed E-state index contributed by atoms with van der Waals surface area (Å²) in [4.78, 5) is 33.0. The lowest BCUT2D eigenvalue weighted by molar-refractivity contribution is -0.169. The number of hydrogen-bond donors (Lipinski definition) is 4. The van der Waals surface area contributed by atoms with E-state index in [0.717, 1.165) is 19.3 Å². The van der Waals surface area contributed by atoms with Crippen molar-refractivity contribution in [2.24, 2.45) is 0 Å². The Balaban J connectivity index is 3.86. The van der Waals surface area contributed by atoms with Crippen molar-refractivity contribution in [1.29, 1.82) is 0 Å². The maximum Gasteiger partial charge on any atom is 0.347 e. The molecule has 0 spiro atoms. The van der Waals surface area contributed by atoms with Crippen molar-refractivity contribution in [3.05, 3.63) is 0 Å². The first kappa shape index (κ1) is 21.4. The highest BCUT2D eigenvalue weighted by atomic mass is 16.4. The number of carboxylic acids is 3. The molecule has 0 aromatic rings. The second-order valence-corrected chi connectivity index (χ2v) is 5.77. The summed E-state index contributed by atoms with van der Waals surface area (Å²) in [7, 11) is 0. The van der Waals surface area contributed by atoms with Gasteiger partial charge in [-0.05, 0) is 13.0 Å². The zero-order chi connectivity index (χ0) is 17.7. The number of carbonyl (C=O) groups is 3. The molecule has 0 amide bonds. The normalized spacial score (nSPS) is 11.3. The first-order chi connectivity index (χ1) is 10.9. The van der Waals surface area contributed by atoms with Crippen LogP contribution in [0.15, 0.2) is 0 Å². The summed E-state index contributed by atoms with van der Waals surface area (Å²) in [5.74, 6) is -5.74. The van der Waals surface area contributed by atoms with Gasteiger partial charge in [-0.25, -0.2) is 14.4 Å². The van der Waals surface area contributed by atoms with Crippen LogP contribution in [0.2, 0.25) is 0 Å². The fourth-order valence-electron chi connectivity index (χ4n) is 2.39. The minimum atomic E-state index is -2.96. The van der Waals surface area contributed by atoms with Gasteiger partial charge in [-0.3, -0.25) is 5.32 Å². The molecule has 0 atom stereocenters. The molecule has 0 saturated carbocycles. The Morgan fingerprint density at radius 1 is 0.696 bits per heavy atom. The summed E-state index contributed by atoms with van der Waals surface area (Å²) in [6.07, 6.45) is 10.9. The van der Waals surface area contributed by atoms with Crippen LogP contribution in [0.4, 0.5) is 0 Å². The van der Waals surface area contributed by atoms with Gasteiger partial charge < -0.3 is 15.3 Å². The molecule has 0 aliphatic rings. The van der Waals surface area contributed by atoms with E-state index in [0.29, 0.717) is 6.42 Å². The SMILES string of the molecule is CCCCCCCCCCCCNC(C(=O)O)(C(=O)O)C(=O)O. The standard InChI is InChI=1S/C16H29NO6/c1-2-3-4-5-6-7-8-9-10-11-12-17-16(13(18)19,14(20)21)15(22)23/h17H,2-12H2,1H3,(H,18,19)(H,20,21)(H,22,23). The molecule has 0 fully saturated rings. The Labute approximate surface area is 137 Å². The molecule has 0 aliphatic carbocycles. The smallest absolute Gasteiger partial charge is 0.347 e. The van der Waals surface area contributed by atoms with Crippen molar-refractivity contribution >= 4 is 17.9 Å². The molecule has 0 saturated heterocycles. The Hall–Kier alpha value is -1.63. The summed E-state index contributed by atoms with van der Waals surface area (Å²) in [5, 5.41) is 28.9. The number of carboxylic acid groups (broad SMARTS) is 3. The highest BCUT2D eigenvalue weighted by Crippen LogP contribution is 2.11. The van der Waals surface area contributed by atoms with Crippen molar-refractivity contribution in [3.8, 4) is 0 Å². The van der Waals surface area contributed by atoms with Gasteiger partial charge in [-0.1, -0.05) is 64.7 Å². The van der Waals surface area contributed by atoms with E-state index in [1.54, 1.807) is 0 Å². The molecule has 134 valence electrons. The minimum absolute atomic E-state index is 0.0431. The monoisotopic (exact) mass is 331 g/mol. The third-order valence-corrected chi connectivity index (χ3v) is 3.88. The van der Waals surface area contributed by atoms with Crippen LogP contribution in [0.25, 0.3) is 0 Å². The molecule has 0 aromatic heterocycles. The Morgan fingerprint density at radius 3 is 1.39 bits per heavy atom. The van der Waals surface area contributed by atoms with Gasteiger partial charge >= 0.3 is 23.4 Å². The van der Waals surface area contributed by atoms with Crippen molar-refractivity contribution in [3.63, 3.8) is 0 Å². The minimum Gasteiger partial charge on any atom is -0.479 e. The largest absolute Gasteiger partial charge is 0.479 e. The first-order valence-corrected chi connectivity index (χ1v) is 8.34. The third-order valence-electron chi connectivity index (χ3n) is 3.88. The molecule has 4 N–H and O–H groups in total. The topological polar surface area (TPSA) is 124 Å². The van der Waals surface area contributed by atoms with Gasteiger partial charge in [-0.15, -0.1) is 0 Å². The lowest BCUT2D eigenvalue weighted by atomic mass is 10.00. The quantitative estimate of drug-likeness (QED) is 0.268. The van der Waals surface area contributed by atoms with E-state index in [9.17, 15) is 14.4 Å². The molecule has 0 rings (SSSR count). The summed E-state index contributed by atoms with van der Waals surface area (Å²) >= 11 is 0. The van der Waals surface area contributed by atoms with E-state index in [1.165, 1.54) is 38.5 Å². The van der Waals surface area contributed by atoms with Crippen LogP contribution in [0.5, 0.6) is 0 Å². The summed E-state index contributed by atoms with van der Waals surface area (Å²) in [6.45, 7) is 2.23. The van der Waals surface area contributed by atoms with Crippen LogP contribution >= 0.6 is 0 Å². The molecule has 23 heavy (non-hydrogen) atoms. The van der Waals surface area contributed by atoms with Crippen LogP contribution in [0.3, 0.4) is 0 Å². The summed E-state index contributed by atoms with van der Waals surface area (Å²) in [5.41, 5.74) is -2.96. The zero-order valence-corrected chi connectivity index (χ0v) is 13.8. The Kier molecular flexibility index (Phi) is 11.0. The van der Waals surface area contributed by atoms with Crippen molar-refractivity contribution in [2.45, 2.75) is 76.7 Å². The number of rotatable bonds is 15. The lowest BCUT2D eigenvalue weighted by Crippen LogP contribution is -2.64. The average molecular weight is 331 g/mol. The van der Waals surface area contributed by atoms with Crippen LogP contribution in [0.1, 0.15) is 71.1 Å². The van der Waals surface area contributed by atoms with Gasteiger partial charge in [0.1, 0.15) is 0 Å². The van der Waals surface area contributed by atoms with E-state index >= 15 is 0 Å². The number of aliphatic carboxylic acids is 3. The van der Waals surface area contributed by atoms with E-state index in [1.807, 2.05) is 0 Å². The highest BCUT2D eigenvalue weighted by molar-refractivity contribution is 6.21. The third kappa shape index (κ3) is 7.45. The van der Waals surface area contributed by atoms with Gasteiger partial charge in [0.25, 0.3) is 0 Å². The van der Waals surface area contributed by atoms with Crippen molar-refractivity contribution in [1.82, 2.24) is 5.32 Å². The maximum atomic E-state index is 11.0. The van der Waals surface area contributed by atoms with Crippen LogP contribution in [-0.2, 0) is 14.4 Å². The average Bonchev–Trinajstić information content (AvgIpc) is 2.47. The van der Waals surface area contributed by atoms with Gasteiger partial charge in [0, 0.05) is 0 Å². The van der Waals surface area contributed by atoms with E-state index in [4.69, 9.17) is 15.3 Å². The predicted molar refractivity (Wildman–Crippen MR) is 85.5 cm³/mol.